The van der Waals surface area contributed by atoms with Gasteiger partial charge in [0.25, 0.3) is 0 Å². The Morgan fingerprint density at radius 2 is 2.14 bits per heavy atom. The molecule has 0 bridgehead atoms. The van der Waals surface area contributed by atoms with Gasteiger partial charge in [0.1, 0.15) is 17.7 Å². The molecule has 1 heterocycles. The van der Waals surface area contributed by atoms with Crippen LogP contribution in [0, 0.1) is 12.7 Å². The Bertz CT molecular complexity index is 820. The predicted molar refractivity (Wildman–Crippen MR) is 114 cm³/mol. The highest BCUT2D eigenvalue weighted by Crippen LogP contribution is 2.23. The highest BCUT2D eigenvalue weighted by molar-refractivity contribution is 5.79. The van der Waals surface area contributed by atoms with E-state index in [0.717, 1.165) is 55.3 Å². The van der Waals surface area contributed by atoms with Crippen LogP contribution in [-0.4, -0.2) is 38.9 Å². The van der Waals surface area contributed by atoms with Gasteiger partial charge in [-0.15, -0.1) is 0 Å². The molecule has 1 saturated heterocycles. The Labute approximate surface area is 172 Å². The maximum absolute atomic E-state index is 13.2. The molecule has 0 aliphatic carbocycles. The molecule has 0 radical (unpaired) electrons. The van der Waals surface area contributed by atoms with Gasteiger partial charge in [-0.05, 0) is 49.1 Å². The van der Waals surface area contributed by atoms with Crippen LogP contribution in [0.15, 0.2) is 47.5 Å². The zero-order valence-electron chi connectivity index (χ0n) is 17.2. The third kappa shape index (κ3) is 6.75. The van der Waals surface area contributed by atoms with Crippen molar-refractivity contribution in [3.05, 3.63) is 65.0 Å². The first kappa shape index (κ1) is 21.1. The van der Waals surface area contributed by atoms with E-state index in [1.807, 2.05) is 6.07 Å². The Balaban J connectivity index is 1.47. The zero-order chi connectivity index (χ0) is 20.5. The van der Waals surface area contributed by atoms with E-state index in [4.69, 9.17) is 9.47 Å². The van der Waals surface area contributed by atoms with E-state index in [9.17, 15) is 4.39 Å². The lowest BCUT2D eigenvalue weighted by Crippen LogP contribution is -2.37. The maximum atomic E-state index is 13.2. The molecule has 2 aromatic carbocycles. The van der Waals surface area contributed by atoms with Gasteiger partial charge in [-0.3, -0.25) is 4.99 Å². The molecule has 0 amide bonds. The summed E-state index contributed by atoms with van der Waals surface area (Å²) in [5, 5.41) is 6.66. The topological polar surface area (TPSA) is 54.9 Å². The summed E-state index contributed by atoms with van der Waals surface area (Å²) in [4.78, 5) is 4.29. The van der Waals surface area contributed by atoms with Crippen molar-refractivity contribution in [2.75, 3.05) is 26.8 Å². The maximum Gasteiger partial charge on any atom is 0.191 e. The molecule has 2 N–H and O–H groups in total. The number of nitrogens with zero attached hydrogens (tertiary/aromatic N) is 1. The van der Waals surface area contributed by atoms with Gasteiger partial charge in [0, 0.05) is 32.1 Å². The Morgan fingerprint density at radius 3 is 2.90 bits per heavy atom. The Kier molecular flexibility index (Phi) is 7.87. The predicted octanol–water partition coefficient (Wildman–Crippen LogP) is 3.60. The van der Waals surface area contributed by atoms with Crippen molar-refractivity contribution < 1.29 is 13.9 Å². The largest absolute Gasteiger partial charge is 0.488 e. The number of rotatable bonds is 8. The molecule has 0 spiro atoms. The van der Waals surface area contributed by atoms with Crippen LogP contribution in [0.25, 0.3) is 0 Å². The first-order valence-corrected chi connectivity index (χ1v) is 10.2. The molecule has 6 heteroatoms. The minimum absolute atomic E-state index is 0.121. The third-order valence-electron chi connectivity index (χ3n) is 4.90. The first-order chi connectivity index (χ1) is 14.1. The van der Waals surface area contributed by atoms with Gasteiger partial charge < -0.3 is 20.1 Å². The number of benzene rings is 2. The fourth-order valence-electron chi connectivity index (χ4n) is 3.29. The summed E-state index contributed by atoms with van der Waals surface area (Å²) in [6.07, 6.45) is 2.76. The number of nitrogens with one attached hydrogen (secondary N) is 2. The van der Waals surface area contributed by atoms with Crippen molar-refractivity contribution in [2.45, 2.75) is 38.8 Å². The standard InChI is InChI=1S/C23H30FN3O2/c1-17-8-9-19(22(13-17)29-21-10-12-28-16-21)15-27-23(25-2)26-11-4-6-18-5-3-7-20(24)14-18/h3,5,7-9,13-14,21H,4,6,10-12,15-16H2,1-2H3,(H2,25,26,27). The SMILES string of the molecule is CN=C(NCCCc1cccc(F)c1)NCc1ccc(C)cc1OC1CCOC1. The van der Waals surface area contributed by atoms with Gasteiger partial charge >= 0.3 is 0 Å². The monoisotopic (exact) mass is 399 g/mol. The lowest BCUT2D eigenvalue weighted by atomic mass is 10.1. The summed E-state index contributed by atoms with van der Waals surface area (Å²) in [5.41, 5.74) is 3.26. The molecule has 5 nitrogen and oxygen atoms in total. The molecule has 0 aromatic heterocycles. The van der Waals surface area contributed by atoms with Crippen molar-refractivity contribution >= 4 is 5.96 Å². The van der Waals surface area contributed by atoms with Crippen molar-refractivity contribution in [1.29, 1.82) is 0 Å². The van der Waals surface area contributed by atoms with Crippen LogP contribution in [-0.2, 0) is 17.7 Å². The van der Waals surface area contributed by atoms with E-state index in [-0.39, 0.29) is 11.9 Å². The quantitative estimate of drug-likeness (QED) is 0.405. The molecule has 1 unspecified atom stereocenters. The van der Waals surface area contributed by atoms with Crippen molar-refractivity contribution in [3.8, 4) is 5.75 Å². The van der Waals surface area contributed by atoms with Crippen LogP contribution in [0.2, 0.25) is 0 Å². The minimum atomic E-state index is -0.187. The molecule has 2 aromatic rings. The van der Waals surface area contributed by atoms with E-state index in [1.165, 1.54) is 11.6 Å². The summed E-state index contributed by atoms with van der Waals surface area (Å²) >= 11 is 0. The van der Waals surface area contributed by atoms with Crippen molar-refractivity contribution in [2.24, 2.45) is 4.99 Å². The molecular formula is C23H30FN3O2. The van der Waals surface area contributed by atoms with Gasteiger partial charge in [0.2, 0.25) is 0 Å². The second-order valence-corrected chi connectivity index (χ2v) is 7.30. The number of hydrogen-bond acceptors (Lipinski definition) is 3. The van der Waals surface area contributed by atoms with Gasteiger partial charge in [0.15, 0.2) is 5.96 Å². The Hall–Kier alpha value is -2.60. The first-order valence-electron chi connectivity index (χ1n) is 10.2. The van der Waals surface area contributed by atoms with Gasteiger partial charge in [-0.25, -0.2) is 4.39 Å². The fraction of sp³-hybridized carbons (Fsp3) is 0.435. The molecule has 1 aliphatic rings. The molecular weight excluding hydrogens is 369 g/mol. The van der Waals surface area contributed by atoms with Gasteiger partial charge in [0.05, 0.1) is 13.2 Å². The van der Waals surface area contributed by atoms with E-state index in [1.54, 1.807) is 19.2 Å². The Morgan fingerprint density at radius 1 is 1.24 bits per heavy atom. The lowest BCUT2D eigenvalue weighted by molar-refractivity contribution is 0.140. The average Bonchev–Trinajstić information content (AvgIpc) is 3.22. The van der Waals surface area contributed by atoms with Crippen LogP contribution >= 0.6 is 0 Å². The highest BCUT2D eigenvalue weighted by atomic mass is 19.1. The lowest BCUT2D eigenvalue weighted by Gasteiger charge is -2.18. The molecule has 3 rings (SSSR count). The zero-order valence-corrected chi connectivity index (χ0v) is 17.2. The molecule has 1 aliphatic heterocycles. The number of guanidine groups is 1. The number of aryl methyl sites for hydroxylation is 2. The smallest absolute Gasteiger partial charge is 0.191 e. The molecule has 1 atom stereocenters. The molecule has 1 fully saturated rings. The van der Waals surface area contributed by atoms with Crippen LogP contribution in [0.3, 0.4) is 0 Å². The van der Waals surface area contributed by atoms with Crippen molar-refractivity contribution in [1.82, 2.24) is 10.6 Å². The number of aliphatic imine (C=N–C) groups is 1. The van der Waals surface area contributed by atoms with Crippen LogP contribution in [0.4, 0.5) is 4.39 Å². The molecule has 156 valence electrons. The van der Waals surface area contributed by atoms with E-state index < -0.39 is 0 Å². The van der Waals surface area contributed by atoms with Crippen LogP contribution in [0.1, 0.15) is 29.5 Å². The summed E-state index contributed by atoms with van der Waals surface area (Å²) in [6, 6.07) is 13.0. The summed E-state index contributed by atoms with van der Waals surface area (Å²) in [6.45, 7) is 4.85. The van der Waals surface area contributed by atoms with Gasteiger partial charge in [-0.2, -0.15) is 0 Å². The van der Waals surface area contributed by atoms with Crippen LogP contribution in [0.5, 0.6) is 5.75 Å². The summed E-state index contributed by atoms with van der Waals surface area (Å²) < 4.78 is 24.8. The molecule has 29 heavy (non-hydrogen) atoms. The number of ether oxygens (including phenoxy) is 2. The normalized spacial score (nSPS) is 16.7. The number of halogens is 1. The summed E-state index contributed by atoms with van der Waals surface area (Å²) in [7, 11) is 1.75. The summed E-state index contributed by atoms with van der Waals surface area (Å²) in [5.74, 6) is 1.45. The van der Waals surface area contributed by atoms with E-state index in [2.05, 4.69) is 40.7 Å². The van der Waals surface area contributed by atoms with E-state index >= 15 is 0 Å². The third-order valence-corrected chi connectivity index (χ3v) is 4.90. The van der Waals surface area contributed by atoms with Crippen LogP contribution < -0.4 is 15.4 Å². The number of hydrogen-bond donors (Lipinski definition) is 2. The molecule has 0 saturated carbocycles. The van der Waals surface area contributed by atoms with Gasteiger partial charge in [-0.1, -0.05) is 24.3 Å². The second-order valence-electron chi connectivity index (χ2n) is 7.30. The highest BCUT2D eigenvalue weighted by Gasteiger charge is 2.18. The second kappa shape index (κ2) is 10.8. The minimum Gasteiger partial charge on any atom is -0.488 e. The fourth-order valence-corrected chi connectivity index (χ4v) is 3.29. The average molecular weight is 400 g/mol. The van der Waals surface area contributed by atoms with Crippen molar-refractivity contribution in [3.63, 3.8) is 0 Å². The van der Waals surface area contributed by atoms with E-state index in [0.29, 0.717) is 13.2 Å².